The fourth-order valence-corrected chi connectivity index (χ4v) is 3.88. The van der Waals surface area contributed by atoms with Crippen molar-refractivity contribution in [3.63, 3.8) is 0 Å². The first kappa shape index (κ1) is 26.2. The Kier molecular flexibility index (Phi) is 8.26. The lowest BCUT2D eigenvalue weighted by atomic mass is 10.1. The van der Waals surface area contributed by atoms with Crippen molar-refractivity contribution < 1.29 is 14.5 Å². The molecule has 1 heterocycles. The van der Waals surface area contributed by atoms with Crippen molar-refractivity contribution in [3.8, 4) is 5.75 Å². The summed E-state index contributed by atoms with van der Waals surface area (Å²) in [5, 5.41) is 11.3. The molecular formula is C25H29N5O6. The van der Waals surface area contributed by atoms with Gasteiger partial charge in [0.1, 0.15) is 11.6 Å². The van der Waals surface area contributed by atoms with Crippen LogP contribution in [-0.2, 0) is 17.9 Å². The molecule has 0 radical (unpaired) electrons. The van der Waals surface area contributed by atoms with Gasteiger partial charge in [-0.3, -0.25) is 34.2 Å². The topological polar surface area (TPSA) is 154 Å². The maximum absolute atomic E-state index is 13.4. The van der Waals surface area contributed by atoms with E-state index < -0.39 is 28.7 Å². The van der Waals surface area contributed by atoms with Gasteiger partial charge in [0, 0.05) is 12.6 Å². The zero-order valence-electron chi connectivity index (χ0n) is 20.4. The number of rotatable bonds is 10. The van der Waals surface area contributed by atoms with Crippen LogP contribution < -0.4 is 26.6 Å². The fraction of sp³-hybridized carbons (Fsp3) is 0.320. The molecule has 0 bridgehead atoms. The number of nitrogens with two attached hydrogens (primary N) is 1. The predicted octanol–water partition coefficient (Wildman–Crippen LogP) is 3.06. The molecule has 11 nitrogen and oxygen atoms in total. The number of amides is 1. The number of ether oxygens (including phenoxy) is 1. The molecule has 0 saturated carbocycles. The number of nitrogens with one attached hydrogen (secondary N) is 1. The zero-order valence-corrected chi connectivity index (χ0v) is 20.4. The molecule has 0 fully saturated rings. The molecule has 0 aliphatic carbocycles. The Morgan fingerprint density at radius 1 is 1.17 bits per heavy atom. The highest BCUT2D eigenvalue weighted by molar-refractivity contribution is 5.96. The number of nitro benzene ring substituents is 1. The van der Waals surface area contributed by atoms with E-state index in [1.165, 1.54) is 15.5 Å². The molecule has 3 rings (SSSR count). The van der Waals surface area contributed by atoms with E-state index in [0.29, 0.717) is 12.0 Å². The Morgan fingerprint density at radius 3 is 2.50 bits per heavy atom. The molecule has 0 saturated heterocycles. The quantitative estimate of drug-likeness (QED) is 0.324. The number of aromatic nitrogens is 2. The van der Waals surface area contributed by atoms with Crippen molar-refractivity contribution >= 4 is 23.1 Å². The molecule has 3 aromatic rings. The summed E-state index contributed by atoms with van der Waals surface area (Å²) < 4.78 is 6.98. The minimum absolute atomic E-state index is 0.00477. The zero-order chi connectivity index (χ0) is 26.4. The van der Waals surface area contributed by atoms with E-state index in [2.05, 4.69) is 4.98 Å². The van der Waals surface area contributed by atoms with Crippen molar-refractivity contribution in [3.05, 3.63) is 90.1 Å². The van der Waals surface area contributed by atoms with Crippen LogP contribution in [0.2, 0.25) is 0 Å². The van der Waals surface area contributed by atoms with Crippen LogP contribution in [0.4, 0.5) is 17.2 Å². The van der Waals surface area contributed by atoms with Crippen LogP contribution in [0.1, 0.15) is 36.5 Å². The van der Waals surface area contributed by atoms with E-state index in [-0.39, 0.29) is 41.6 Å². The van der Waals surface area contributed by atoms with Gasteiger partial charge in [0.25, 0.3) is 17.2 Å². The Bertz CT molecular complexity index is 1380. The maximum atomic E-state index is 13.4. The first-order valence-electron chi connectivity index (χ1n) is 11.5. The number of unbranched alkanes of at least 4 members (excludes halogenated alkanes) is 1. The van der Waals surface area contributed by atoms with Crippen molar-refractivity contribution in [1.29, 1.82) is 0 Å². The average molecular weight is 496 g/mol. The summed E-state index contributed by atoms with van der Waals surface area (Å²) in [4.78, 5) is 52.9. The van der Waals surface area contributed by atoms with Crippen LogP contribution in [-0.4, -0.2) is 27.0 Å². The first-order chi connectivity index (χ1) is 17.1. The fourth-order valence-electron chi connectivity index (χ4n) is 3.88. The smallest absolute Gasteiger partial charge is 0.330 e. The summed E-state index contributed by atoms with van der Waals surface area (Å²) in [6.45, 7) is 4.97. The standard InChI is InChI=1S/C25H29N5O6/c1-4-5-13-28-23(26)21(24(32)27-25(28)33)29(14-18-9-7-6-8-10-18)20(31)15-36-22-16(2)11-12-19(17(22)3)30(34)35/h6-12H,4-5,13-15,26H2,1-3H3,(H,27,32,33). The van der Waals surface area contributed by atoms with Gasteiger partial charge in [-0.25, -0.2) is 4.79 Å². The number of nitrogens with zero attached hydrogens (tertiary/aromatic N) is 3. The number of aryl methyl sites for hydroxylation is 1. The Balaban J connectivity index is 2.02. The SMILES string of the molecule is CCCCn1c(N)c(N(Cc2ccccc2)C(=O)COc2c(C)ccc([N+](=O)[O-])c2C)c(=O)[nH]c1=O. The van der Waals surface area contributed by atoms with Gasteiger partial charge in [0.05, 0.1) is 17.0 Å². The van der Waals surface area contributed by atoms with Gasteiger partial charge in [0.2, 0.25) is 0 Å². The summed E-state index contributed by atoms with van der Waals surface area (Å²) in [5.74, 6) is -0.516. The van der Waals surface area contributed by atoms with E-state index in [1.54, 1.807) is 44.2 Å². The minimum Gasteiger partial charge on any atom is -0.483 e. The third-order valence-electron chi connectivity index (χ3n) is 5.81. The summed E-state index contributed by atoms with van der Waals surface area (Å²) in [5.41, 5.74) is 6.15. The number of H-pyrrole nitrogens is 1. The summed E-state index contributed by atoms with van der Waals surface area (Å²) in [6, 6.07) is 11.9. The number of anilines is 2. The molecule has 0 unspecified atom stereocenters. The number of nitro groups is 1. The van der Waals surface area contributed by atoms with Crippen LogP contribution in [0.15, 0.2) is 52.1 Å². The van der Waals surface area contributed by atoms with Gasteiger partial charge in [-0.05, 0) is 37.5 Å². The van der Waals surface area contributed by atoms with Crippen molar-refractivity contribution in [2.24, 2.45) is 0 Å². The van der Waals surface area contributed by atoms with Crippen LogP contribution in [0.3, 0.4) is 0 Å². The van der Waals surface area contributed by atoms with Crippen LogP contribution >= 0.6 is 0 Å². The molecule has 190 valence electrons. The molecule has 0 atom stereocenters. The number of carbonyl (C=O) groups is 1. The summed E-state index contributed by atoms with van der Waals surface area (Å²) >= 11 is 0. The molecule has 2 aromatic carbocycles. The van der Waals surface area contributed by atoms with Gasteiger partial charge in [-0.15, -0.1) is 0 Å². The molecule has 11 heteroatoms. The van der Waals surface area contributed by atoms with Gasteiger partial charge in [-0.1, -0.05) is 43.7 Å². The van der Waals surface area contributed by atoms with Crippen LogP contribution in [0, 0.1) is 24.0 Å². The van der Waals surface area contributed by atoms with Crippen LogP contribution in [0.5, 0.6) is 5.75 Å². The number of hydrogen-bond acceptors (Lipinski definition) is 7. The highest BCUT2D eigenvalue weighted by atomic mass is 16.6. The number of nitrogen functional groups attached to an aromatic ring is 1. The molecule has 1 amide bonds. The van der Waals surface area contributed by atoms with Gasteiger partial charge in [-0.2, -0.15) is 0 Å². The molecule has 3 N–H and O–H groups in total. The van der Waals surface area contributed by atoms with E-state index in [1.807, 2.05) is 13.0 Å². The van der Waals surface area contributed by atoms with Gasteiger partial charge >= 0.3 is 5.69 Å². The normalized spacial score (nSPS) is 10.8. The molecule has 0 spiro atoms. The lowest BCUT2D eigenvalue weighted by Gasteiger charge is -2.25. The predicted molar refractivity (Wildman–Crippen MR) is 136 cm³/mol. The minimum atomic E-state index is -0.794. The molecule has 0 aliphatic heterocycles. The van der Waals surface area contributed by atoms with E-state index in [9.17, 15) is 24.5 Å². The Labute approximate surface area is 207 Å². The van der Waals surface area contributed by atoms with Crippen LogP contribution in [0.25, 0.3) is 0 Å². The Hall–Kier alpha value is -4.41. The largest absolute Gasteiger partial charge is 0.483 e. The number of hydrogen-bond donors (Lipinski definition) is 2. The molecular weight excluding hydrogens is 466 g/mol. The number of aromatic amines is 1. The second kappa shape index (κ2) is 11.3. The third kappa shape index (κ3) is 5.62. The van der Waals surface area contributed by atoms with Crippen molar-refractivity contribution in [1.82, 2.24) is 9.55 Å². The van der Waals surface area contributed by atoms with E-state index >= 15 is 0 Å². The highest BCUT2D eigenvalue weighted by Crippen LogP contribution is 2.31. The Morgan fingerprint density at radius 2 is 1.86 bits per heavy atom. The van der Waals surface area contributed by atoms with Crippen molar-refractivity contribution in [2.45, 2.75) is 46.7 Å². The molecule has 36 heavy (non-hydrogen) atoms. The first-order valence-corrected chi connectivity index (χ1v) is 11.5. The van der Waals surface area contributed by atoms with Gasteiger partial charge < -0.3 is 10.5 Å². The second-order valence-electron chi connectivity index (χ2n) is 8.37. The molecule has 0 aliphatic rings. The number of benzene rings is 2. The third-order valence-corrected chi connectivity index (χ3v) is 5.81. The summed E-state index contributed by atoms with van der Waals surface area (Å²) in [6.07, 6.45) is 1.44. The highest BCUT2D eigenvalue weighted by Gasteiger charge is 2.26. The van der Waals surface area contributed by atoms with Crippen molar-refractivity contribution in [2.75, 3.05) is 17.2 Å². The second-order valence-corrected chi connectivity index (χ2v) is 8.37. The monoisotopic (exact) mass is 495 g/mol. The average Bonchev–Trinajstić information content (AvgIpc) is 2.83. The van der Waals surface area contributed by atoms with E-state index in [4.69, 9.17) is 10.5 Å². The maximum Gasteiger partial charge on any atom is 0.330 e. The van der Waals surface area contributed by atoms with E-state index in [0.717, 1.165) is 12.0 Å². The van der Waals surface area contributed by atoms with Gasteiger partial charge in [0.15, 0.2) is 12.3 Å². The number of carbonyl (C=O) groups excluding carboxylic acids is 1. The lowest BCUT2D eigenvalue weighted by molar-refractivity contribution is -0.385. The summed E-state index contributed by atoms with van der Waals surface area (Å²) in [7, 11) is 0. The lowest BCUT2D eigenvalue weighted by Crippen LogP contribution is -2.42. The molecule has 1 aromatic heterocycles.